The summed E-state index contributed by atoms with van der Waals surface area (Å²) in [6, 6.07) is 88.9. The molecular weight excluding hydrogens is 721 g/mol. The molecule has 0 fully saturated rings. The number of rotatable bonds is 7. The van der Waals surface area contributed by atoms with Crippen LogP contribution in [0.25, 0.3) is 110 Å². The summed E-state index contributed by atoms with van der Waals surface area (Å²) in [5.41, 5.74) is 17.0. The van der Waals surface area contributed by atoms with Crippen molar-refractivity contribution in [1.29, 1.82) is 0 Å². The zero-order valence-electron chi connectivity index (χ0n) is 33.1. The van der Waals surface area contributed by atoms with Gasteiger partial charge in [-0.3, -0.25) is 0 Å². The lowest BCUT2D eigenvalue weighted by Crippen LogP contribution is -1.95. The Balaban J connectivity index is 1.23. The Bertz CT molecular complexity index is 3210. The van der Waals surface area contributed by atoms with E-state index in [-0.39, 0.29) is 0 Å². The molecule has 0 aromatic heterocycles. The molecule has 0 saturated heterocycles. The summed E-state index contributed by atoms with van der Waals surface area (Å²) >= 11 is 0. The summed E-state index contributed by atoms with van der Waals surface area (Å²) in [5.74, 6) is 0. The summed E-state index contributed by atoms with van der Waals surface area (Å²) in [5, 5.41) is 7.45. The zero-order valence-corrected chi connectivity index (χ0v) is 33.1. The molecule has 0 aliphatic carbocycles. The molecule has 11 aromatic carbocycles. The third kappa shape index (κ3) is 6.27. The molecule has 0 spiro atoms. The Kier molecular flexibility index (Phi) is 8.95. The number of benzene rings is 11. The van der Waals surface area contributed by atoms with Crippen LogP contribution in [0.15, 0.2) is 243 Å². The van der Waals surface area contributed by atoms with Crippen LogP contribution in [0.4, 0.5) is 0 Å². The van der Waals surface area contributed by atoms with Crippen molar-refractivity contribution >= 4 is 32.3 Å². The van der Waals surface area contributed by atoms with Crippen LogP contribution in [0.3, 0.4) is 0 Å². The second-order valence-corrected chi connectivity index (χ2v) is 15.6. The average molecular weight is 761 g/mol. The normalized spacial score (nSPS) is 11.3. The molecule has 11 rings (SSSR count). The van der Waals surface area contributed by atoms with Gasteiger partial charge in [-0.25, -0.2) is 0 Å². The van der Waals surface area contributed by atoms with E-state index in [1.807, 2.05) is 0 Å². The maximum atomic E-state index is 2.46. The second kappa shape index (κ2) is 15.2. The van der Waals surface area contributed by atoms with Crippen molar-refractivity contribution < 1.29 is 0 Å². The molecule has 0 amide bonds. The molecule has 0 nitrogen and oxygen atoms in total. The van der Waals surface area contributed by atoms with Gasteiger partial charge < -0.3 is 0 Å². The van der Waals surface area contributed by atoms with Crippen LogP contribution in [0.5, 0.6) is 0 Å². The highest BCUT2D eigenvalue weighted by Crippen LogP contribution is 2.49. The third-order valence-electron chi connectivity index (χ3n) is 12.1. The molecule has 0 bridgehead atoms. The molecule has 0 aliphatic heterocycles. The van der Waals surface area contributed by atoms with Gasteiger partial charge in [0.1, 0.15) is 0 Å². The highest BCUT2D eigenvalue weighted by Gasteiger charge is 2.21. The van der Waals surface area contributed by atoms with E-state index in [0.717, 1.165) is 0 Å². The Labute approximate surface area is 351 Å². The molecule has 280 valence electrons. The van der Waals surface area contributed by atoms with E-state index in [2.05, 4.69) is 243 Å². The first-order chi connectivity index (χ1) is 29.8. The summed E-state index contributed by atoms with van der Waals surface area (Å²) in [6.45, 7) is 0. The SMILES string of the molecule is c1ccc(-c2cc(-c3ccccc3)cc(-c3ccc(-c4ccc(-c5ccccc5)c5ccccc45)c(-c4c5ccccc5c(-c5ccccc5)c5ccccc45)c3)c2)cc1. The lowest BCUT2D eigenvalue weighted by atomic mass is 9.81. The average Bonchev–Trinajstić information content (AvgIpc) is 3.33. The minimum atomic E-state index is 1.18. The van der Waals surface area contributed by atoms with Crippen molar-refractivity contribution in [2.75, 3.05) is 0 Å². The van der Waals surface area contributed by atoms with E-state index in [9.17, 15) is 0 Å². The summed E-state index contributed by atoms with van der Waals surface area (Å²) < 4.78 is 0. The van der Waals surface area contributed by atoms with Gasteiger partial charge in [-0.15, -0.1) is 0 Å². The zero-order chi connectivity index (χ0) is 39.8. The molecule has 11 aromatic rings. The van der Waals surface area contributed by atoms with Gasteiger partial charge in [0.05, 0.1) is 0 Å². The minimum absolute atomic E-state index is 1.18. The molecule has 60 heavy (non-hydrogen) atoms. The van der Waals surface area contributed by atoms with Gasteiger partial charge in [-0.1, -0.05) is 218 Å². The molecule has 0 atom stereocenters. The fourth-order valence-corrected chi connectivity index (χ4v) is 9.29. The van der Waals surface area contributed by atoms with Crippen LogP contribution >= 0.6 is 0 Å². The number of hydrogen-bond donors (Lipinski definition) is 0. The van der Waals surface area contributed by atoms with Crippen LogP contribution < -0.4 is 0 Å². The van der Waals surface area contributed by atoms with Gasteiger partial charge in [-0.2, -0.15) is 0 Å². The largest absolute Gasteiger partial charge is 0.0622 e. The Hall–Kier alpha value is -7.80. The van der Waals surface area contributed by atoms with Gasteiger partial charge in [0, 0.05) is 0 Å². The van der Waals surface area contributed by atoms with Gasteiger partial charge in [0.15, 0.2) is 0 Å². The molecule has 0 unspecified atom stereocenters. The predicted octanol–water partition coefficient (Wildman–Crippen LogP) is 16.8. The van der Waals surface area contributed by atoms with Crippen molar-refractivity contribution in [3.63, 3.8) is 0 Å². The molecule has 0 heteroatoms. The first-order valence-electron chi connectivity index (χ1n) is 20.8. The third-order valence-corrected chi connectivity index (χ3v) is 12.1. The van der Waals surface area contributed by atoms with E-state index < -0.39 is 0 Å². The van der Waals surface area contributed by atoms with Crippen LogP contribution in [-0.2, 0) is 0 Å². The highest BCUT2D eigenvalue weighted by atomic mass is 14.2. The van der Waals surface area contributed by atoms with E-state index in [1.54, 1.807) is 0 Å². The maximum absolute atomic E-state index is 2.46. The van der Waals surface area contributed by atoms with Gasteiger partial charge in [0.2, 0.25) is 0 Å². The molecule has 0 N–H and O–H groups in total. The smallest absolute Gasteiger partial charge is 0.00199 e. The summed E-state index contributed by atoms with van der Waals surface area (Å²) in [6.07, 6.45) is 0. The molecule has 0 saturated carbocycles. The Morgan fingerprint density at radius 2 is 0.500 bits per heavy atom. The quantitative estimate of drug-likeness (QED) is 0.142. The van der Waals surface area contributed by atoms with Crippen LogP contribution in [0.2, 0.25) is 0 Å². The molecule has 0 aliphatic rings. The first-order valence-corrected chi connectivity index (χ1v) is 20.8. The second-order valence-electron chi connectivity index (χ2n) is 15.6. The van der Waals surface area contributed by atoms with Crippen LogP contribution in [0, 0.1) is 0 Å². The lowest BCUT2D eigenvalue weighted by molar-refractivity contribution is 1.56. The van der Waals surface area contributed by atoms with Gasteiger partial charge >= 0.3 is 0 Å². The number of hydrogen-bond acceptors (Lipinski definition) is 0. The van der Waals surface area contributed by atoms with E-state index >= 15 is 0 Å². The van der Waals surface area contributed by atoms with Crippen molar-refractivity contribution in [1.82, 2.24) is 0 Å². The maximum Gasteiger partial charge on any atom is -0.00199 e. The lowest BCUT2D eigenvalue weighted by Gasteiger charge is -2.22. The minimum Gasteiger partial charge on any atom is -0.0622 e. The van der Waals surface area contributed by atoms with Crippen LogP contribution in [-0.4, -0.2) is 0 Å². The van der Waals surface area contributed by atoms with Gasteiger partial charge in [0.25, 0.3) is 0 Å². The number of fused-ring (bicyclic) bond motifs is 3. The van der Waals surface area contributed by atoms with Crippen LogP contribution in [0.1, 0.15) is 0 Å². The molecule has 0 heterocycles. The van der Waals surface area contributed by atoms with Crippen molar-refractivity contribution in [3.05, 3.63) is 243 Å². The van der Waals surface area contributed by atoms with Crippen molar-refractivity contribution in [2.45, 2.75) is 0 Å². The highest BCUT2D eigenvalue weighted by molar-refractivity contribution is 6.23. The Morgan fingerprint density at radius 3 is 1.00 bits per heavy atom. The fraction of sp³-hybridized carbons (Fsp3) is 0. The standard InChI is InChI=1S/C60H40/c1-5-19-41(20-6-1)46-37-47(42-21-7-2-8-22-42)39-48(38-46)45-33-34-53(52-36-35-49(43-23-9-3-10-24-43)50-27-13-14-28-51(50)52)58(40-45)60-56-31-17-15-29-54(56)59(44-25-11-4-12-26-44)55-30-16-18-32-57(55)60/h1-40H. The molecular formula is C60H40. The summed E-state index contributed by atoms with van der Waals surface area (Å²) in [7, 11) is 0. The van der Waals surface area contributed by atoms with E-state index in [4.69, 9.17) is 0 Å². The Morgan fingerprint density at radius 1 is 0.150 bits per heavy atom. The predicted molar refractivity (Wildman–Crippen MR) is 257 cm³/mol. The van der Waals surface area contributed by atoms with Gasteiger partial charge in [-0.05, 0) is 134 Å². The fourth-order valence-electron chi connectivity index (χ4n) is 9.29. The monoisotopic (exact) mass is 760 g/mol. The van der Waals surface area contributed by atoms with Crippen molar-refractivity contribution in [2.24, 2.45) is 0 Å². The topological polar surface area (TPSA) is 0 Å². The summed E-state index contributed by atoms with van der Waals surface area (Å²) in [4.78, 5) is 0. The first kappa shape index (κ1) is 35.4. The van der Waals surface area contributed by atoms with E-state index in [1.165, 1.54) is 110 Å². The molecule has 0 radical (unpaired) electrons. The van der Waals surface area contributed by atoms with E-state index in [0.29, 0.717) is 0 Å². The van der Waals surface area contributed by atoms with Crippen molar-refractivity contribution in [3.8, 4) is 77.9 Å².